The van der Waals surface area contributed by atoms with Crippen molar-refractivity contribution in [2.75, 3.05) is 0 Å². The van der Waals surface area contributed by atoms with Gasteiger partial charge >= 0.3 is 0 Å². The van der Waals surface area contributed by atoms with Gasteiger partial charge in [-0.05, 0) is 19.1 Å². The minimum absolute atomic E-state index is 0.0841. The number of hydrogen-bond acceptors (Lipinski definition) is 3. The monoisotopic (exact) mass is 269 g/mol. The van der Waals surface area contributed by atoms with Crippen LogP contribution in [0.25, 0.3) is 11.0 Å². The van der Waals surface area contributed by atoms with Gasteiger partial charge in [0, 0.05) is 38.3 Å². The molecule has 0 amide bonds. The van der Waals surface area contributed by atoms with Crippen LogP contribution in [0.1, 0.15) is 23.1 Å². The molecule has 0 aliphatic carbocycles. The van der Waals surface area contributed by atoms with Gasteiger partial charge in [0.2, 0.25) is 0 Å². The van der Waals surface area contributed by atoms with Crippen molar-refractivity contribution < 1.29 is 0 Å². The highest BCUT2D eigenvalue weighted by Crippen LogP contribution is 2.21. The highest BCUT2D eigenvalue weighted by atomic mass is 15.3. The fraction of sp³-hybridized carbons (Fsp3) is 0.333. The van der Waals surface area contributed by atoms with Gasteiger partial charge in [-0.2, -0.15) is 5.10 Å². The van der Waals surface area contributed by atoms with Crippen molar-refractivity contribution in [3.8, 4) is 0 Å². The number of rotatable bonds is 3. The van der Waals surface area contributed by atoms with Crippen molar-refractivity contribution in [2.24, 2.45) is 19.8 Å². The van der Waals surface area contributed by atoms with E-state index in [1.807, 2.05) is 45.4 Å². The van der Waals surface area contributed by atoms with Crippen molar-refractivity contribution in [1.82, 2.24) is 19.3 Å². The van der Waals surface area contributed by atoms with Gasteiger partial charge < -0.3 is 10.3 Å². The Kier molecular flexibility index (Phi) is 3.06. The summed E-state index contributed by atoms with van der Waals surface area (Å²) in [5, 5.41) is 4.35. The standard InChI is InChI=1S/C15H19N5/c1-10-11(9-19(2)18-10)12(16)8-15-17-13-6-4-5-7-14(13)20(15)3/h4-7,9,12H,8,16H2,1-3H3. The molecule has 1 unspecified atom stereocenters. The first-order valence-corrected chi connectivity index (χ1v) is 6.72. The van der Waals surface area contributed by atoms with E-state index in [4.69, 9.17) is 5.73 Å². The van der Waals surface area contributed by atoms with Gasteiger partial charge in [0.15, 0.2) is 0 Å². The van der Waals surface area contributed by atoms with E-state index in [2.05, 4.69) is 20.7 Å². The fourth-order valence-corrected chi connectivity index (χ4v) is 2.67. The van der Waals surface area contributed by atoms with Crippen LogP contribution in [-0.4, -0.2) is 19.3 Å². The summed E-state index contributed by atoms with van der Waals surface area (Å²) >= 11 is 0. The first-order chi connectivity index (χ1) is 9.56. The number of imidazole rings is 1. The molecule has 3 rings (SSSR count). The van der Waals surface area contributed by atoms with E-state index in [0.29, 0.717) is 6.42 Å². The Labute approximate surface area is 118 Å². The maximum absolute atomic E-state index is 6.33. The Morgan fingerprint density at radius 1 is 1.25 bits per heavy atom. The molecule has 2 heterocycles. The van der Waals surface area contributed by atoms with Gasteiger partial charge in [-0.25, -0.2) is 4.98 Å². The second-order valence-corrected chi connectivity index (χ2v) is 5.23. The number of nitrogens with two attached hydrogens (primary N) is 1. The lowest BCUT2D eigenvalue weighted by Gasteiger charge is -2.10. The first-order valence-electron chi connectivity index (χ1n) is 6.72. The molecule has 0 saturated heterocycles. The number of nitrogens with zero attached hydrogens (tertiary/aromatic N) is 4. The lowest BCUT2D eigenvalue weighted by Crippen LogP contribution is -2.16. The summed E-state index contributed by atoms with van der Waals surface area (Å²) in [5.41, 5.74) is 10.5. The topological polar surface area (TPSA) is 61.7 Å². The van der Waals surface area contributed by atoms with E-state index >= 15 is 0 Å². The van der Waals surface area contributed by atoms with E-state index in [1.165, 1.54) is 0 Å². The lowest BCUT2D eigenvalue weighted by molar-refractivity contribution is 0.661. The molecule has 2 N–H and O–H groups in total. The van der Waals surface area contributed by atoms with Crippen LogP contribution in [0.5, 0.6) is 0 Å². The molecule has 0 bridgehead atoms. The van der Waals surface area contributed by atoms with E-state index in [9.17, 15) is 0 Å². The zero-order valence-corrected chi connectivity index (χ0v) is 12.0. The molecule has 0 radical (unpaired) electrons. The van der Waals surface area contributed by atoms with Crippen molar-refractivity contribution in [3.63, 3.8) is 0 Å². The fourth-order valence-electron chi connectivity index (χ4n) is 2.67. The van der Waals surface area contributed by atoms with Gasteiger partial charge in [0.1, 0.15) is 5.82 Å². The molecule has 20 heavy (non-hydrogen) atoms. The molecular weight excluding hydrogens is 250 g/mol. The number of aryl methyl sites for hydroxylation is 3. The molecule has 0 saturated carbocycles. The average molecular weight is 269 g/mol. The van der Waals surface area contributed by atoms with Gasteiger partial charge in [-0.3, -0.25) is 4.68 Å². The van der Waals surface area contributed by atoms with Crippen molar-refractivity contribution >= 4 is 11.0 Å². The van der Waals surface area contributed by atoms with Crippen molar-refractivity contribution in [2.45, 2.75) is 19.4 Å². The zero-order chi connectivity index (χ0) is 14.3. The molecule has 5 nitrogen and oxygen atoms in total. The quantitative estimate of drug-likeness (QED) is 0.789. The predicted octanol–water partition coefficient (Wildman–Crippen LogP) is 1.86. The number of fused-ring (bicyclic) bond motifs is 1. The van der Waals surface area contributed by atoms with E-state index in [0.717, 1.165) is 28.1 Å². The predicted molar refractivity (Wildman–Crippen MR) is 79.3 cm³/mol. The normalized spacial score (nSPS) is 13.0. The van der Waals surface area contributed by atoms with Crippen LogP contribution in [0.2, 0.25) is 0 Å². The largest absolute Gasteiger partial charge is 0.331 e. The van der Waals surface area contributed by atoms with Gasteiger partial charge in [0.05, 0.1) is 16.7 Å². The summed E-state index contributed by atoms with van der Waals surface area (Å²) in [6, 6.07) is 8.05. The van der Waals surface area contributed by atoms with Crippen LogP contribution in [0.4, 0.5) is 0 Å². The minimum Gasteiger partial charge on any atom is -0.331 e. The van der Waals surface area contributed by atoms with Crippen LogP contribution in [0, 0.1) is 6.92 Å². The number of aromatic nitrogens is 4. The molecule has 1 atom stereocenters. The molecule has 104 valence electrons. The maximum Gasteiger partial charge on any atom is 0.111 e. The number of para-hydroxylation sites is 2. The molecule has 1 aromatic carbocycles. The maximum atomic E-state index is 6.33. The summed E-state index contributed by atoms with van der Waals surface area (Å²) < 4.78 is 3.92. The lowest BCUT2D eigenvalue weighted by atomic mass is 10.1. The summed E-state index contributed by atoms with van der Waals surface area (Å²) in [4.78, 5) is 4.67. The number of hydrogen-bond donors (Lipinski definition) is 1. The molecule has 0 spiro atoms. The second kappa shape index (κ2) is 4.76. The van der Waals surface area contributed by atoms with Crippen LogP contribution in [-0.2, 0) is 20.5 Å². The Balaban J connectivity index is 1.93. The summed E-state index contributed by atoms with van der Waals surface area (Å²) in [7, 11) is 3.95. The summed E-state index contributed by atoms with van der Waals surface area (Å²) in [6.07, 6.45) is 2.69. The first kappa shape index (κ1) is 12.9. The molecule has 0 aliphatic heterocycles. The Morgan fingerprint density at radius 3 is 2.65 bits per heavy atom. The van der Waals surface area contributed by atoms with E-state index in [-0.39, 0.29) is 6.04 Å². The van der Waals surface area contributed by atoms with Crippen LogP contribution in [0.15, 0.2) is 30.5 Å². The van der Waals surface area contributed by atoms with Gasteiger partial charge in [-0.1, -0.05) is 12.1 Å². The highest BCUT2D eigenvalue weighted by molar-refractivity contribution is 5.75. The second-order valence-electron chi connectivity index (χ2n) is 5.23. The minimum atomic E-state index is -0.0841. The zero-order valence-electron chi connectivity index (χ0n) is 12.0. The highest BCUT2D eigenvalue weighted by Gasteiger charge is 2.16. The summed E-state index contributed by atoms with van der Waals surface area (Å²) in [6.45, 7) is 1.99. The Bertz CT molecular complexity index is 753. The van der Waals surface area contributed by atoms with Crippen molar-refractivity contribution in [3.05, 3.63) is 47.5 Å². The Morgan fingerprint density at radius 2 is 2.00 bits per heavy atom. The third kappa shape index (κ3) is 2.10. The van der Waals surface area contributed by atoms with Crippen LogP contribution in [0.3, 0.4) is 0 Å². The van der Waals surface area contributed by atoms with Gasteiger partial charge in [-0.15, -0.1) is 0 Å². The number of benzene rings is 1. The molecule has 2 aromatic heterocycles. The third-order valence-corrected chi connectivity index (χ3v) is 3.73. The molecule has 5 heteroatoms. The smallest absolute Gasteiger partial charge is 0.111 e. The van der Waals surface area contributed by atoms with E-state index in [1.54, 1.807) is 4.68 Å². The van der Waals surface area contributed by atoms with Crippen molar-refractivity contribution in [1.29, 1.82) is 0 Å². The molecular formula is C15H19N5. The molecule has 3 aromatic rings. The molecule has 0 fully saturated rings. The third-order valence-electron chi connectivity index (χ3n) is 3.73. The van der Waals surface area contributed by atoms with Crippen LogP contribution >= 0.6 is 0 Å². The summed E-state index contributed by atoms with van der Waals surface area (Å²) in [5.74, 6) is 1.00. The SMILES string of the molecule is Cc1nn(C)cc1C(N)Cc1nc2ccccc2n1C. The average Bonchev–Trinajstić information content (AvgIpc) is 2.91. The van der Waals surface area contributed by atoms with E-state index < -0.39 is 0 Å². The van der Waals surface area contributed by atoms with Crippen LogP contribution < -0.4 is 5.73 Å². The van der Waals surface area contributed by atoms with Gasteiger partial charge in [0.25, 0.3) is 0 Å². The molecule has 0 aliphatic rings. The Hall–Kier alpha value is -2.14.